The van der Waals surface area contributed by atoms with Crippen molar-refractivity contribution in [3.05, 3.63) is 9.98 Å². The molecule has 0 saturated carbocycles. The third-order valence-corrected chi connectivity index (χ3v) is 3.95. The standard InChI is InChI=1S/C7H8BrNO2S2/c1-11-6(10)2-3-12-7-9-5(8)4-13-7/h4H,2-3H2,1H3. The minimum atomic E-state index is -0.178. The fourth-order valence-corrected chi connectivity index (χ4v) is 3.00. The molecule has 0 atom stereocenters. The summed E-state index contributed by atoms with van der Waals surface area (Å²) in [4.78, 5) is 14.9. The van der Waals surface area contributed by atoms with Crippen LogP contribution in [0, 0.1) is 0 Å². The Balaban J connectivity index is 2.24. The first-order valence-corrected chi connectivity index (χ1v) is 6.19. The molecule has 0 fully saturated rings. The lowest BCUT2D eigenvalue weighted by molar-refractivity contribution is -0.140. The number of aromatic nitrogens is 1. The summed E-state index contributed by atoms with van der Waals surface area (Å²) in [5, 5.41) is 1.92. The summed E-state index contributed by atoms with van der Waals surface area (Å²) in [5.41, 5.74) is 0. The van der Waals surface area contributed by atoms with Crippen LogP contribution in [0.15, 0.2) is 14.3 Å². The molecule has 0 bridgehead atoms. The van der Waals surface area contributed by atoms with Crippen molar-refractivity contribution in [2.75, 3.05) is 12.9 Å². The van der Waals surface area contributed by atoms with Gasteiger partial charge in [-0.3, -0.25) is 4.79 Å². The Morgan fingerprint density at radius 3 is 3.15 bits per heavy atom. The first-order valence-electron chi connectivity index (χ1n) is 3.53. The molecule has 13 heavy (non-hydrogen) atoms. The third kappa shape index (κ3) is 4.10. The van der Waals surface area contributed by atoms with Crippen LogP contribution in [-0.2, 0) is 9.53 Å². The number of carbonyl (C=O) groups excluding carboxylic acids is 1. The molecule has 0 spiro atoms. The van der Waals surface area contributed by atoms with Gasteiger partial charge in [-0.2, -0.15) is 0 Å². The van der Waals surface area contributed by atoms with E-state index in [9.17, 15) is 4.79 Å². The topological polar surface area (TPSA) is 39.2 Å². The number of nitrogens with zero attached hydrogens (tertiary/aromatic N) is 1. The van der Waals surface area contributed by atoms with Gasteiger partial charge in [0.25, 0.3) is 0 Å². The van der Waals surface area contributed by atoms with Crippen LogP contribution in [0.5, 0.6) is 0 Å². The SMILES string of the molecule is COC(=O)CCSc1nc(Br)cs1. The fraction of sp³-hybridized carbons (Fsp3) is 0.429. The van der Waals surface area contributed by atoms with E-state index >= 15 is 0 Å². The van der Waals surface area contributed by atoms with Gasteiger partial charge in [-0.05, 0) is 15.9 Å². The second-order valence-corrected chi connectivity index (χ2v) is 5.12. The first kappa shape index (κ1) is 11.0. The number of methoxy groups -OCH3 is 1. The van der Waals surface area contributed by atoms with Crippen molar-refractivity contribution < 1.29 is 9.53 Å². The maximum absolute atomic E-state index is 10.7. The molecule has 1 aromatic rings. The number of thiazole rings is 1. The third-order valence-electron chi connectivity index (χ3n) is 1.21. The normalized spacial score (nSPS) is 10.0. The number of carbonyl (C=O) groups is 1. The molecule has 0 saturated heterocycles. The average Bonchev–Trinajstić information content (AvgIpc) is 2.51. The van der Waals surface area contributed by atoms with E-state index in [1.165, 1.54) is 7.11 Å². The number of rotatable bonds is 4. The molecular formula is C7H8BrNO2S2. The molecule has 3 nitrogen and oxygen atoms in total. The molecule has 0 N–H and O–H groups in total. The lowest BCUT2D eigenvalue weighted by atomic mass is 10.5. The number of esters is 1. The van der Waals surface area contributed by atoms with Crippen molar-refractivity contribution >= 4 is 45.0 Å². The van der Waals surface area contributed by atoms with Crippen LogP contribution >= 0.6 is 39.0 Å². The lowest BCUT2D eigenvalue weighted by Gasteiger charge is -1.96. The van der Waals surface area contributed by atoms with E-state index in [2.05, 4.69) is 25.7 Å². The summed E-state index contributed by atoms with van der Waals surface area (Å²) in [5.74, 6) is 0.537. The predicted molar refractivity (Wildman–Crippen MR) is 57.2 cm³/mol. The highest BCUT2D eigenvalue weighted by atomic mass is 79.9. The maximum Gasteiger partial charge on any atom is 0.306 e. The van der Waals surface area contributed by atoms with E-state index < -0.39 is 0 Å². The first-order chi connectivity index (χ1) is 6.22. The van der Waals surface area contributed by atoms with Crippen molar-refractivity contribution in [1.82, 2.24) is 4.98 Å². The Labute approximate surface area is 93.0 Å². The molecule has 0 aliphatic heterocycles. The van der Waals surface area contributed by atoms with Gasteiger partial charge in [-0.1, -0.05) is 11.8 Å². The van der Waals surface area contributed by atoms with E-state index in [-0.39, 0.29) is 5.97 Å². The van der Waals surface area contributed by atoms with Gasteiger partial charge in [0.15, 0.2) is 4.34 Å². The predicted octanol–water partition coefficient (Wildman–Crippen LogP) is 2.56. The number of halogens is 1. The van der Waals surface area contributed by atoms with Crippen LogP contribution in [0.3, 0.4) is 0 Å². The van der Waals surface area contributed by atoms with E-state index in [1.807, 2.05) is 5.38 Å². The Morgan fingerprint density at radius 1 is 1.85 bits per heavy atom. The number of hydrogen-bond acceptors (Lipinski definition) is 5. The number of hydrogen-bond donors (Lipinski definition) is 0. The molecular weight excluding hydrogens is 274 g/mol. The summed E-state index contributed by atoms with van der Waals surface area (Å²) < 4.78 is 6.33. The summed E-state index contributed by atoms with van der Waals surface area (Å²) in [6.45, 7) is 0. The van der Waals surface area contributed by atoms with Crippen molar-refractivity contribution in [2.24, 2.45) is 0 Å². The van der Waals surface area contributed by atoms with Crippen LogP contribution in [0.2, 0.25) is 0 Å². The Kier molecular flexibility index (Phi) is 4.76. The van der Waals surface area contributed by atoms with Gasteiger partial charge in [0.1, 0.15) is 4.60 Å². The van der Waals surface area contributed by atoms with E-state index in [1.54, 1.807) is 23.1 Å². The minimum Gasteiger partial charge on any atom is -0.469 e. The minimum absolute atomic E-state index is 0.178. The maximum atomic E-state index is 10.7. The van der Waals surface area contributed by atoms with E-state index in [0.717, 1.165) is 8.94 Å². The van der Waals surface area contributed by atoms with Gasteiger partial charge in [-0.25, -0.2) is 4.98 Å². The second kappa shape index (κ2) is 5.62. The average molecular weight is 282 g/mol. The van der Waals surface area contributed by atoms with Crippen LogP contribution in [0.4, 0.5) is 0 Å². The fourth-order valence-electron chi connectivity index (χ4n) is 0.629. The van der Waals surface area contributed by atoms with E-state index in [4.69, 9.17) is 0 Å². The Morgan fingerprint density at radius 2 is 2.62 bits per heavy atom. The van der Waals surface area contributed by atoms with Crippen LogP contribution in [0.1, 0.15) is 6.42 Å². The van der Waals surface area contributed by atoms with Crippen molar-refractivity contribution in [1.29, 1.82) is 0 Å². The largest absolute Gasteiger partial charge is 0.469 e. The zero-order valence-electron chi connectivity index (χ0n) is 6.95. The van der Waals surface area contributed by atoms with Gasteiger partial charge in [0.2, 0.25) is 0 Å². The Bertz CT molecular complexity index is 290. The van der Waals surface area contributed by atoms with Gasteiger partial charge < -0.3 is 4.74 Å². The van der Waals surface area contributed by atoms with Crippen molar-refractivity contribution in [2.45, 2.75) is 10.8 Å². The molecule has 0 aliphatic rings. The van der Waals surface area contributed by atoms with Gasteiger partial charge >= 0.3 is 5.97 Å². The zero-order valence-corrected chi connectivity index (χ0v) is 10.2. The smallest absolute Gasteiger partial charge is 0.306 e. The van der Waals surface area contributed by atoms with Gasteiger partial charge in [0, 0.05) is 11.1 Å². The van der Waals surface area contributed by atoms with Crippen LogP contribution in [-0.4, -0.2) is 23.8 Å². The second-order valence-electron chi connectivity index (χ2n) is 2.11. The molecule has 0 amide bonds. The van der Waals surface area contributed by atoms with Crippen molar-refractivity contribution in [3.63, 3.8) is 0 Å². The zero-order chi connectivity index (χ0) is 9.68. The molecule has 6 heteroatoms. The number of ether oxygens (including phenoxy) is 1. The van der Waals surface area contributed by atoms with Gasteiger partial charge in [0.05, 0.1) is 13.5 Å². The summed E-state index contributed by atoms with van der Waals surface area (Å²) in [6.07, 6.45) is 0.429. The molecule has 0 aromatic carbocycles. The molecule has 72 valence electrons. The highest BCUT2D eigenvalue weighted by molar-refractivity contribution is 9.10. The molecule has 1 rings (SSSR count). The Hall–Kier alpha value is -0.0700. The molecule has 1 heterocycles. The molecule has 0 unspecified atom stereocenters. The van der Waals surface area contributed by atoms with Crippen molar-refractivity contribution in [3.8, 4) is 0 Å². The molecule has 0 aliphatic carbocycles. The lowest BCUT2D eigenvalue weighted by Crippen LogP contribution is -2.00. The quantitative estimate of drug-likeness (QED) is 0.628. The number of thioether (sulfide) groups is 1. The van der Waals surface area contributed by atoms with E-state index in [0.29, 0.717) is 12.2 Å². The van der Waals surface area contributed by atoms with Gasteiger partial charge in [-0.15, -0.1) is 11.3 Å². The highest BCUT2D eigenvalue weighted by Crippen LogP contribution is 2.25. The summed E-state index contributed by atoms with van der Waals surface area (Å²) in [7, 11) is 1.40. The summed E-state index contributed by atoms with van der Waals surface area (Å²) in [6, 6.07) is 0. The molecule has 1 aromatic heterocycles. The highest BCUT2D eigenvalue weighted by Gasteiger charge is 2.03. The monoisotopic (exact) mass is 281 g/mol. The van der Waals surface area contributed by atoms with Crippen LogP contribution in [0.25, 0.3) is 0 Å². The molecule has 0 radical (unpaired) electrons. The summed E-state index contributed by atoms with van der Waals surface area (Å²) >= 11 is 6.38. The van der Waals surface area contributed by atoms with Crippen LogP contribution < -0.4 is 0 Å².